The minimum Gasteiger partial charge on any atom is -0.380 e. The molecule has 1 aromatic carbocycles. The number of halogens is 1. The summed E-state index contributed by atoms with van der Waals surface area (Å²) < 4.78 is 6.47. The van der Waals surface area contributed by atoms with Crippen LogP contribution in [0.4, 0.5) is 5.69 Å². The van der Waals surface area contributed by atoms with E-state index < -0.39 is 0 Å². The topological polar surface area (TPSA) is 21.3 Å². The molecule has 0 fully saturated rings. The Bertz CT molecular complexity index is 314. The summed E-state index contributed by atoms with van der Waals surface area (Å²) in [6.45, 7) is 7.74. The first-order chi connectivity index (χ1) is 7.13. The van der Waals surface area contributed by atoms with Gasteiger partial charge >= 0.3 is 0 Å². The molecule has 0 saturated heterocycles. The molecule has 0 aliphatic rings. The molecule has 0 aliphatic heterocycles. The van der Waals surface area contributed by atoms with Gasteiger partial charge in [-0.2, -0.15) is 0 Å². The fourth-order valence-corrected chi connectivity index (χ4v) is 1.87. The fraction of sp³-hybridized carbons (Fsp3) is 0.500. The Morgan fingerprint density at radius 2 is 2.20 bits per heavy atom. The average Bonchev–Trinajstić information content (AvgIpc) is 2.19. The van der Waals surface area contributed by atoms with E-state index in [0.717, 1.165) is 17.7 Å². The maximum absolute atomic E-state index is 5.36. The van der Waals surface area contributed by atoms with Gasteiger partial charge < -0.3 is 10.1 Å². The van der Waals surface area contributed by atoms with E-state index in [9.17, 15) is 0 Å². The van der Waals surface area contributed by atoms with Crippen molar-refractivity contribution in [3.05, 3.63) is 28.2 Å². The molecule has 15 heavy (non-hydrogen) atoms. The second kappa shape index (κ2) is 6.13. The lowest BCUT2D eigenvalue weighted by Crippen LogP contribution is -2.22. The monoisotopic (exact) mass is 271 g/mol. The summed E-state index contributed by atoms with van der Waals surface area (Å²) in [4.78, 5) is 0. The van der Waals surface area contributed by atoms with Crippen molar-refractivity contribution in [3.8, 4) is 0 Å². The third-order valence-electron chi connectivity index (χ3n) is 2.16. The van der Waals surface area contributed by atoms with Gasteiger partial charge in [-0.05, 0) is 44.5 Å². The SMILES string of the molecule is CCOCC(C)Nc1ccc(Br)cc1C. The summed E-state index contributed by atoms with van der Waals surface area (Å²) in [7, 11) is 0. The molecule has 3 heteroatoms. The molecular weight excluding hydrogens is 254 g/mol. The largest absolute Gasteiger partial charge is 0.380 e. The van der Waals surface area contributed by atoms with E-state index in [1.54, 1.807) is 0 Å². The second-order valence-electron chi connectivity index (χ2n) is 3.66. The van der Waals surface area contributed by atoms with Crippen molar-refractivity contribution in [2.75, 3.05) is 18.5 Å². The minimum atomic E-state index is 0.338. The summed E-state index contributed by atoms with van der Waals surface area (Å²) >= 11 is 3.45. The van der Waals surface area contributed by atoms with Gasteiger partial charge in [0.25, 0.3) is 0 Å². The van der Waals surface area contributed by atoms with Crippen LogP contribution in [0.1, 0.15) is 19.4 Å². The summed E-state index contributed by atoms with van der Waals surface area (Å²) in [5, 5.41) is 3.43. The van der Waals surface area contributed by atoms with Gasteiger partial charge in [0, 0.05) is 22.8 Å². The van der Waals surface area contributed by atoms with Crippen LogP contribution in [0.5, 0.6) is 0 Å². The van der Waals surface area contributed by atoms with Crippen LogP contribution >= 0.6 is 15.9 Å². The Morgan fingerprint density at radius 3 is 2.80 bits per heavy atom. The predicted octanol–water partition coefficient (Wildman–Crippen LogP) is 3.59. The highest BCUT2D eigenvalue weighted by molar-refractivity contribution is 9.10. The molecule has 1 rings (SSSR count). The Hall–Kier alpha value is -0.540. The van der Waals surface area contributed by atoms with Gasteiger partial charge in [-0.3, -0.25) is 0 Å². The van der Waals surface area contributed by atoms with E-state index in [1.807, 2.05) is 13.0 Å². The van der Waals surface area contributed by atoms with Gasteiger partial charge in [0.2, 0.25) is 0 Å². The number of nitrogens with one attached hydrogen (secondary N) is 1. The standard InChI is InChI=1S/C12H18BrNO/c1-4-15-8-10(3)14-12-6-5-11(13)7-9(12)2/h5-7,10,14H,4,8H2,1-3H3. The molecule has 0 spiro atoms. The van der Waals surface area contributed by atoms with Crippen LogP contribution in [0.25, 0.3) is 0 Å². The van der Waals surface area contributed by atoms with Crippen molar-refractivity contribution in [2.24, 2.45) is 0 Å². The zero-order valence-corrected chi connectivity index (χ0v) is 11.1. The van der Waals surface area contributed by atoms with Crippen LogP contribution in [-0.2, 0) is 4.74 Å². The number of ether oxygens (including phenoxy) is 1. The van der Waals surface area contributed by atoms with E-state index in [1.165, 1.54) is 11.3 Å². The molecule has 0 aliphatic carbocycles. The van der Waals surface area contributed by atoms with E-state index in [4.69, 9.17) is 4.74 Å². The Kier molecular flexibility index (Phi) is 5.12. The number of hydrogen-bond acceptors (Lipinski definition) is 2. The van der Waals surface area contributed by atoms with Crippen LogP contribution in [-0.4, -0.2) is 19.3 Å². The summed E-state index contributed by atoms with van der Waals surface area (Å²) in [6.07, 6.45) is 0. The molecule has 0 aromatic heterocycles. The average molecular weight is 272 g/mol. The number of anilines is 1. The van der Waals surface area contributed by atoms with Crippen LogP contribution in [0.3, 0.4) is 0 Å². The van der Waals surface area contributed by atoms with Gasteiger partial charge in [0.05, 0.1) is 6.61 Å². The summed E-state index contributed by atoms with van der Waals surface area (Å²) in [6, 6.07) is 6.57. The molecule has 1 aromatic rings. The van der Waals surface area contributed by atoms with E-state index in [2.05, 4.69) is 47.2 Å². The van der Waals surface area contributed by atoms with Gasteiger partial charge in [0.15, 0.2) is 0 Å². The molecule has 0 radical (unpaired) electrons. The van der Waals surface area contributed by atoms with Crippen LogP contribution < -0.4 is 5.32 Å². The lowest BCUT2D eigenvalue weighted by Gasteiger charge is -2.16. The Labute approximate surface area is 100 Å². The molecule has 0 heterocycles. The maximum Gasteiger partial charge on any atom is 0.0664 e. The molecule has 1 N–H and O–H groups in total. The lowest BCUT2D eigenvalue weighted by molar-refractivity contribution is 0.141. The van der Waals surface area contributed by atoms with Crippen LogP contribution in [0.15, 0.2) is 22.7 Å². The number of aryl methyl sites for hydroxylation is 1. The first-order valence-corrected chi connectivity index (χ1v) is 6.03. The van der Waals surface area contributed by atoms with Crippen molar-refractivity contribution in [1.29, 1.82) is 0 Å². The molecule has 84 valence electrons. The smallest absolute Gasteiger partial charge is 0.0664 e. The third kappa shape index (κ3) is 4.22. The highest BCUT2D eigenvalue weighted by Crippen LogP contribution is 2.20. The van der Waals surface area contributed by atoms with E-state index in [-0.39, 0.29) is 0 Å². The summed E-state index contributed by atoms with van der Waals surface area (Å²) in [5.74, 6) is 0. The van der Waals surface area contributed by atoms with Crippen LogP contribution in [0, 0.1) is 6.92 Å². The molecule has 1 unspecified atom stereocenters. The number of benzene rings is 1. The highest BCUT2D eigenvalue weighted by atomic mass is 79.9. The zero-order valence-electron chi connectivity index (χ0n) is 9.51. The van der Waals surface area contributed by atoms with Crippen molar-refractivity contribution in [1.82, 2.24) is 0 Å². The third-order valence-corrected chi connectivity index (χ3v) is 2.66. The van der Waals surface area contributed by atoms with E-state index >= 15 is 0 Å². The van der Waals surface area contributed by atoms with Crippen molar-refractivity contribution in [3.63, 3.8) is 0 Å². The lowest BCUT2D eigenvalue weighted by atomic mass is 10.2. The highest BCUT2D eigenvalue weighted by Gasteiger charge is 2.04. The van der Waals surface area contributed by atoms with Gasteiger partial charge in [-0.25, -0.2) is 0 Å². The molecule has 1 atom stereocenters. The predicted molar refractivity (Wildman–Crippen MR) is 68.5 cm³/mol. The van der Waals surface area contributed by atoms with Crippen LogP contribution in [0.2, 0.25) is 0 Å². The van der Waals surface area contributed by atoms with Crippen molar-refractivity contribution in [2.45, 2.75) is 26.8 Å². The normalized spacial score (nSPS) is 12.5. The fourth-order valence-electron chi connectivity index (χ4n) is 1.39. The minimum absolute atomic E-state index is 0.338. The Balaban J connectivity index is 2.56. The number of rotatable bonds is 5. The van der Waals surface area contributed by atoms with Crippen molar-refractivity contribution < 1.29 is 4.74 Å². The van der Waals surface area contributed by atoms with Gasteiger partial charge in [0.1, 0.15) is 0 Å². The molecular formula is C12H18BrNO. The first-order valence-electron chi connectivity index (χ1n) is 5.24. The van der Waals surface area contributed by atoms with E-state index in [0.29, 0.717) is 6.04 Å². The molecule has 0 amide bonds. The Morgan fingerprint density at radius 1 is 1.47 bits per heavy atom. The molecule has 0 bridgehead atoms. The molecule has 2 nitrogen and oxygen atoms in total. The first kappa shape index (κ1) is 12.5. The van der Waals surface area contributed by atoms with Gasteiger partial charge in [-0.1, -0.05) is 15.9 Å². The quantitative estimate of drug-likeness (QED) is 0.884. The zero-order chi connectivity index (χ0) is 11.3. The number of hydrogen-bond donors (Lipinski definition) is 1. The summed E-state index contributed by atoms with van der Waals surface area (Å²) in [5.41, 5.74) is 2.41. The second-order valence-corrected chi connectivity index (χ2v) is 4.58. The van der Waals surface area contributed by atoms with Gasteiger partial charge in [-0.15, -0.1) is 0 Å². The maximum atomic E-state index is 5.36. The van der Waals surface area contributed by atoms with Crippen molar-refractivity contribution >= 4 is 21.6 Å². The molecule has 0 saturated carbocycles.